The first-order chi connectivity index (χ1) is 8.86. The van der Waals surface area contributed by atoms with Crippen molar-refractivity contribution >= 4 is 17.6 Å². The molecule has 1 fully saturated rings. The van der Waals surface area contributed by atoms with Gasteiger partial charge < -0.3 is 5.11 Å². The smallest absolute Gasteiger partial charge is 0.323 e. The van der Waals surface area contributed by atoms with E-state index in [1.807, 2.05) is 11.8 Å². The molecular weight excluding hydrogens is 266 g/mol. The maximum Gasteiger partial charge on any atom is 0.323 e. The van der Waals surface area contributed by atoms with Gasteiger partial charge in [0.2, 0.25) is 0 Å². The second-order valence-corrected chi connectivity index (χ2v) is 5.79. The lowest BCUT2D eigenvalue weighted by molar-refractivity contribution is -0.153. The van der Waals surface area contributed by atoms with Gasteiger partial charge in [-0.05, 0) is 39.7 Å². The van der Waals surface area contributed by atoms with Crippen LogP contribution in [0.15, 0.2) is 0 Å². The van der Waals surface area contributed by atoms with E-state index in [9.17, 15) is 9.90 Å². The number of carbonyl (C=O) groups is 1. The van der Waals surface area contributed by atoms with Gasteiger partial charge in [-0.2, -0.15) is 5.10 Å². The van der Waals surface area contributed by atoms with Crippen molar-refractivity contribution in [2.45, 2.75) is 45.2 Å². The Bertz CT molecular complexity index is 500. The number of nitrogens with zero attached hydrogens (tertiary/aromatic N) is 3. The molecular formula is C13H20ClN3O2. The molecule has 0 spiro atoms. The van der Waals surface area contributed by atoms with Crippen molar-refractivity contribution in [1.82, 2.24) is 14.7 Å². The van der Waals surface area contributed by atoms with E-state index in [-0.39, 0.29) is 0 Å². The van der Waals surface area contributed by atoms with Gasteiger partial charge >= 0.3 is 5.97 Å². The number of carboxylic acid groups (broad SMARTS) is 1. The van der Waals surface area contributed by atoms with E-state index < -0.39 is 11.5 Å². The molecule has 1 aliphatic heterocycles. The van der Waals surface area contributed by atoms with Crippen molar-refractivity contribution in [3.63, 3.8) is 0 Å². The fraction of sp³-hybridized carbons (Fsp3) is 0.692. The quantitative estimate of drug-likeness (QED) is 0.925. The summed E-state index contributed by atoms with van der Waals surface area (Å²) in [6.45, 7) is 5.03. The molecule has 1 aromatic rings. The van der Waals surface area contributed by atoms with E-state index in [0.29, 0.717) is 18.1 Å². The minimum atomic E-state index is -0.802. The van der Waals surface area contributed by atoms with Crippen LogP contribution in [0.4, 0.5) is 0 Å². The SMILES string of the molecule is Cc1nn(C)c(Cl)c1CN1CCCCC1(C)C(=O)O. The molecule has 1 aromatic heterocycles. The number of rotatable bonds is 3. The van der Waals surface area contributed by atoms with E-state index in [2.05, 4.69) is 5.10 Å². The Kier molecular flexibility index (Phi) is 3.87. The van der Waals surface area contributed by atoms with Crippen LogP contribution < -0.4 is 0 Å². The van der Waals surface area contributed by atoms with E-state index in [1.165, 1.54) is 0 Å². The highest BCUT2D eigenvalue weighted by molar-refractivity contribution is 6.30. The average Bonchev–Trinajstić information content (AvgIpc) is 2.58. The summed E-state index contributed by atoms with van der Waals surface area (Å²) in [6.07, 6.45) is 2.66. The zero-order valence-corrected chi connectivity index (χ0v) is 12.4. The molecule has 0 bridgehead atoms. The molecule has 6 heteroatoms. The molecule has 2 rings (SSSR count). The molecule has 5 nitrogen and oxygen atoms in total. The first-order valence-corrected chi connectivity index (χ1v) is 6.90. The number of aryl methyl sites for hydroxylation is 2. The summed E-state index contributed by atoms with van der Waals surface area (Å²) < 4.78 is 1.63. The fourth-order valence-electron chi connectivity index (χ4n) is 2.72. The van der Waals surface area contributed by atoms with Crippen LogP contribution in [0.25, 0.3) is 0 Å². The summed E-state index contributed by atoms with van der Waals surface area (Å²) in [5.74, 6) is -0.759. The van der Waals surface area contributed by atoms with Crippen LogP contribution in [-0.2, 0) is 18.4 Å². The number of hydrogen-bond donors (Lipinski definition) is 1. The third kappa shape index (κ3) is 2.49. The molecule has 1 unspecified atom stereocenters. The summed E-state index contributed by atoms with van der Waals surface area (Å²) in [5.41, 5.74) is 0.994. The van der Waals surface area contributed by atoms with Crippen molar-refractivity contribution in [2.75, 3.05) is 6.54 Å². The zero-order valence-electron chi connectivity index (χ0n) is 11.6. The summed E-state index contributed by atoms with van der Waals surface area (Å²) in [4.78, 5) is 13.6. The summed E-state index contributed by atoms with van der Waals surface area (Å²) in [7, 11) is 1.80. The van der Waals surface area contributed by atoms with Crippen LogP contribution in [0.1, 0.15) is 37.4 Å². The fourth-order valence-corrected chi connectivity index (χ4v) is 2.95. The van der Waals surface area contributed by atoms with Gasteiger partial charge in [0.15, 0.2) is 0 Å². The van der Waals surface area contributed by atoms with Crippen LogP contribution in [0.3, 0.4) is 0 Å². The molecule has 19 heavy (non-hydrogen) atoms. The van der Waals surface area contributed by atoms with Crippen molar-refractivity contribution in [3.8, 4) is 0 Å². The number of aromatic nitrogens is 2. The summed E-state index contributed by atoms with van der Waals surface area (Å²) >= 11 is 6.23. The third-order valence-electron chi connectivity index (χ3n) is 4.12. The highest BCUT2D eigenvalue weighted by Crippen LogP contribution is 2.31. The third-order valence-corrected chi connectivity index (χ3v) is 4.59. The average molecular weight is 286 g/mol. The normalized spacial score (nSPS) is 24.6. The van der Waals surface area contributed by atoms with E-state index in [4.69, 9.17) is 11.6 Å². The van der Waals surface area contributed by atoms with Crippen LogP contribution in [0.5, 0.6) is 0 Å². The molecule has 1 atom stereocenters. The minimum Gasteiger partial charge on any atom is -0.480 e. The second kappa shape index (κ2) is 5.13. The van der Waals surface area contributed by atoms with Crippen LogP contribution >= 0.6 is 11.6 Å². The first kappa shape index (κ1) is 14.3. The highest BCUT2D eigenvalue weighted by atomic mass is 35.5. The van der Waals surface area contributed by atoms with Gasteiger partial charge in [-0.25, -0.2) is 0 Å². The monoisotopic (exact) mass is 285 g/mol. The predicted molar refractivity (Wildman–Crippen MR) is 73.3 cm³/mol. The van der Waals surface area contributed by atoms with Crippen molar-refractivity contribution in [3.05, 3.63) is 16.4 Å². The number of halogens is 1. The Morgan fingerprint density at radius 1 is 1.53 bits per heavy atom. The Hall–Kier alpha value is -1.07. The van der Waals surface area contributed by atoms with E-state index in [0.717, 1.165) is 30.6 Å². The maximum atomic E-state index is 11.6. The van der Waals surface area contributed by atoms with Crippen LogP contribution in [0.2, 0.25) is 5.15 Å². The number of hydrogen-bond acceptors (Lipinski definition) is 3. The molecule has 0 aliphatic carbocycles. The van der Waals surface area contributed by atoms with Gasteiger partial charge in [0.05, 0.1) is 5.69 Å². The number of likely N-dealkylation sites (tertiary alicyclic amines) is 1. The second-order valence-electron chi connectivity index (χ2n) is 5.44. The largest absolute Gasteiger partial charge is 0.480 e. The molecule has 106 valence electrons. The topological polar surface area (TPSA) is 58.4 Å². The lowest BCUT2D eigenvalue weighted by Gasteiger charge is -2.41. The first-order valence-electron chi connectivity index (χ1n) is 6.52. The van der Waals surface area contributed by atoms with Gasteiger partial charge in [-0.3, -0.25) is 14.4 Å². The maximum absolute atomic E-state index is 11.6. The Morgan fingerprint density at radius 3 is 2.74 bits per heavy atom. The zero-order chi connectivity index (χ0) is 14.2. The van der Waals surface area contributed by atoms with Gasteiger partial charge in [-0.15, -0.1) is 0 Å². The molecule has 1 aliphatic rings. The number of aliphatic carboxylic acids is 1. The summed E-state index contributed by atoms with van der Waals surface area (Å²) in [5, 5.41) is 14.4. The number of carboxylic acids is 1. The predicted octanol–water partition coefficient (Wildman–Crippen LogP) is 2.21. The molecule has 0 amide bonds. The van der Waals surface area contributed by atoms with Gasteiger partial charge in [0.1, 0.15) is 10.7 Å². The van der Waals surface area contributed by atoms with Gasteiger partial charge in [0.25, 0.3) is 0 Å². The van der Waals surface area contributed by atoms with Crippen molar-refractivity contribution < 1.29 is 9.90 Å². The minimum absolute atomic E-state index is 0.543. The molecule has 2 heterocycles. The molecule has 0 aromatic carbocycles. The van der Waals surface area contributed by atoms with Crippen molar-refractivity contribution in [2.24, 2.45) is 7.05 Å². The highest BCUT2D eigenvalue weighted by Gasteiger charge is 2.41. The Balaban J connectivity index is 2.27. The lowest BCUT2D eigenvalue weighted by atomic mass is 9.88. The molecule has 1 saturated heterocycles. The Labute approximate surface area is 118 Å². The van der Waals surface area contributed by atoms with Crippen molar-refractivity contribution in [1.29, 1.82) is 0 Å². The van der Waals surface area contributed by atoms with Gasteiger partial charge in [-0.1, -0.05) is 11.6 Å². The van der Waals surface area contributed by atoms with Crippen LogP contribution in [0, 0.1) is 6.92 Å². The molecule has 1 N–H and O–H groups in total. The molecule has 0 saturated carbocycles. The number of piperidine rings is 1. The lowest BCUT2D eigenvalue weighted by Crippen LogP contribution is -2.54. The molecule has 0 radical (unpaired) electrons. The van der Waals surface area contributed by atoms with Crippen LogP contribution in [-0.4, -0.2) is 37.8 Å². The Morgan fingerprint density at radius 2 is 2.21 bits per heavy atom. The summed E-state index contributed by atoms with van der Waals surface area (Å²) in [6, 6.07) is 0. The van der Waals surface area contributed by atoms with E-state index in [1.54, 1.807) is 18.7 Å². The van der Waals surface area contributed by atoms with Gasteiger partial charge in [0, 0.05) is 19.2 Å². The van der Waals surface area contributed by atoms with E-state index >= 15 is 0 Å². The standard InChI is InChI=1S/C13H20ClN3O2/c1-9-10(11(14)16(3)15-9)8-17-7-5-4-6-13(17,2)12(18)19/h4-8H2,1-3H3,(H,18,19).